The zero-order valence-electron chi connectivity index (χ0n) is 16.4. The molecule has 0 aromatic heterocycles. The molecule has 1 aromatic carbocycles. The molecule has 0 aliphatic carbocycles. The Labute approximate surface area is 178 Å². The largest absolute Gasteiger partial charge is 0.375 e. The fourth-order valence-electron chi connectivity index (χ4n) is 3.62. The van der Waals surface area contributed by atoms with E-state index in [4.69, 9.17) is 9.47 Å². The zero-order chi connectivity index (χ0) is 18.6. The number of hydrogen-bond donors (Lipinski definition) is 1. The molecule has 2 aliphatic rings. The van der Waals surface area contributed by atoms with E-state index in [1.165, 1.54) is 12.1 Å². The average Bonchev–Trinajstić information content (AvgIpc) is 3.17. The zero-order valence-corrected chi connectivity index (χ0v) is 18.7. The summed E-state index contributed by atoms with van der Waals surface area (Å²) in [5.41, 5.74) is 0.963. The van der Waals surface area contributed by atoms with Crippen LogP contribution in [0, 0.1) is 5.82 Å². The van der Waals surface area contributed by atoms with Gasteiger partial charge in [-0.3, -0.25) is 4.99 Å². The fourth-order valence-corrected chi connectivity index (χ4v) is 3.62. The van der Waals surface area contributed by atoms with Crippen molar-refractivity contribution in [2.24, 2.45) is 4.99 Å². The second-order valence-corrected chi connectivity index (χ2v) is 7.70. The minimum absolute atomic E-state index is 0. The van der Waals surface area contributed by atoms with Crippen molar-refractivity contribution in [1.29, 1.82) is 0 Å². The van der Waals surface area contributed by atoms with Crippen LogP contribution in [0.25, 0.3) is 0 Å². The van der Waals surface area contributed by atoms with Gasteiger partial charge in [0.1, 0.15) is 11.9 Å². The quantitative estimate of drug-likeness (QED) is 0.400. The summed E-state index contributed by atoms with van der Waals surface area (Å²) in [5, 5.41) is 3.49. The minimum Gasteiger partial charge on any atom is -0.375 e. The van der Waals surface area contributed by atoms with Gasteiger partial charge in [-0.2, -0.15) is 0 Å². The van der Waals surface area contributed by atoms with E-state index in [2.05, 4.69) is 29.1 Å². The van der Waals surface area contributed by atoms with Gasteiger partial charge in [-0.1, -0.05) is 26.0 Å². The maximum Gasteiger partial charge on any atom is 0.193 e. The molecule has 152 valence electrons. The van der Waals surface area contributed by atoms with Crippen molar-refractivity contribution in [3.05, 3.63) is 35.6 Å². The number of benzene rings is 1. The smallest absolute Gasteiger partial charge is 0.193 e. The maximum atomic E-state index is 13.2. The van der Waals surface area contributed by atoms with Crippen LogP contribution in [0.3, 0.4) is 0 Å². The Kier molecular flexibility index (Phi) is 8.30. The van der Waals surface area contributed by atoms with Crippen molar-refractivity contribution in [1.82, 2.24) is 10.2 Å². The predicted octanol–water partition coefficient (Wildman–Crippen LogP) is 3.18. The van der Waals surface area contributed by atoms with Gasteiger partial charge in [-0.05, 0) is 30.5 Å². The molecule has 3 rings (SSSR count). The van der Waals surface area contributed by atoms with Crippen molar-refractivity contribution in [3.8, 4) is 0 Å². The number of halogens is 2. The van der Waals surface area contributed by atoms with Gasteiger partial charge in [-0.15, -0.1) is 24.0 Å². The number of ether oxygens (including phenoxy) is 2. The van der Waals surface area contributed by atoms with Crippen LogP contribution in [-0.4, -0.2) is 63.0 Å². The fraction of sp³-hybridized carbons (Fsp3) is 0.650. The molecular weight excluding hydrogens is 460 g/mol. The highest BCUT2D eigenvalue weighted by molar-refractivity contribution is 14.0. The van der Waals surface area contributed by atoms with Crippen LogP contribution in [0.1, 0.15) is 32.3 Å². The molecule has 0 saturated carbocycles. The molecule has 7 heteroatoms. The van der Waals surface area contributed by atoms with Crippen molar-refractivity contribution in [2.45, 2.75) is 44.3 Å². The number of hydrogen-bond acceptors (Lipinski definition) is 3. The number of nitrogens with zero attached hydrogens (tertiary/aromatic N) is 2. The minimum atomic E-state index is -0.207. The Morgan fingerprint density at radius 2 is 1.93 bits per heavy atom. The third-order valence-corrected chi connectivity index (χ3v) is 5.30. The average molecular weight is 491 g/mol. The SMILES string of the molecule is CN=C(NCC(C)(C)c1ccc(F)cc1)N1CCOC(C2CCCO2)C1.I. The van der Waals surface area contributed by atoms with Crippen LogP contribution >= 0.6 is 24.0 Å². The van der Waals surface area contributed by atoms with E-state index in [9.17, 15) is 4.39 Å². The maximum absolute atomic E-state index is 13.2. The van der Waals surface area contributed by atoms with Gasteiger partial charge in [0.05, 0.1) is 12.7 Å². The Hall–Kier alpha value is -0.930. The van der Waals surface area contributed by atoms with Crippen LogP contribution in [0.2, 0.25) is 0 Å². The van der Waals surface area contributed by atoms with Crippen LogP contribution in [0.5, 0.6) is 0 Å². The van der Waals surface area contributed by atoms with E-state index < -0.39 is 0 Å². The Balaban J connectivity index is 0.00000261. The van der Waals surface area contributed by atoms with Crippen molar-refractivity contribution < 1.29 is 13.9 Å². The Morgan fingerprint density at radius 1 is 1.22 bits per heavy atom. The normalized spacial score (nSPS) is 23.9. The highest BCUT2D eigenvalue weighted by Gasteiger charge is 2.32. The monoisotopic (exact) mass is 491 g/mol. The van der Waals surface area contributed by atoms with E-state index in [0.29, 0.717) is 13.2 Å². The molecule has 0 amide bonds. The summed E-state index contributed by atoms with van der Waals surface area (Å²) < 4.78 is 24.9. The molecule has 2 aliphatic heterocycles. The van der Waals surface area contributed by atoms with E-state index in [1.54, 1.807) is 0 Å². The van der Waals surface area contributed by atoms with Gasteiger partial charge in [0.15, 0.2) is 5.96 Å². The molecule has 2 heterocycles. The van der Waals surface area contributed by atoms with Gasteiger partial charge in [0.25, 0.3) is 0 Å². The number of aliphatic imine (C=N–C) groups is 1. The molecule has 27 heavy (non-hydrogen) atoms. The molecule has 2 unspecified atom stereocenters. The first kappa shape index (κ1) is 22.4. The van der Waals surface area contributed by atoms with Gasteiger partial charge >= 0.3 is 0 Å². The molecule has 1 N–H and O–H groups in total. The van der Waals surface area contributed by atoms with Crippen LogP contribution in [0.4, 0.5) is 4.39 Å². The van der Waals surface area contributed by atoms with Crippen LogP contribution in [0.15, 0.2) is 29.3 Å². The molecule has 2 fully saturated rings. The van der Waals surface area contributed by atoms with Crippen molar-refractivity contribution >= 4 is 29.9 Å². The van der Waals surface area contributed by atoms with Gasteiger partial charge in [0, 0.05) is 38.7 Å². The predicted molar refractivity (Wildman–Crippen MR) is 116 cm³/mol. The Morgan fingerprint density at radius 3 is 2.56 bits per heavy atom. The first-order valence-electron chi connectivity index (χ1n) is 9.44. The molecule has 0 bridgehead atoms. The molecule has 0 radical (unpaired) electrons. The number of nitrogens with one attached hydrogen (secondary N) is 1. The molecule has 0 spiro atoms. The lowest BCUT2D eigenvalue weighted by molar-refractivity contribution is -0.0817. The molecule has 2 saturated heterocycles. The van der Waals surface area contributed by atoms with Crippen LogP contribution in [-0.2, 0) is 14.9 Å². The summed E-state index contributed by atoms with van der Waals surface area (Å²) in [7, 11) is 1.81. The third-order valence-electron chi connectivity index (χ3n) is 5.30. The molecule has 2 atom stereocenters. The van der Waals surface area contributed by atoms with Gasteiger partial charge in [-0.25, -0.2) is 4.39 Å². The molecule has 5 nitrogen and oxygen atoms in total. The van der Waals surface area contributed by atoms with E-state index in [1.807, 2.05) is 19.2 Å². The van der Waals surface area contributed by atoms with E-state index in [-0.39, 0.29) is 47.4 Å². The van der Waals surface area contributed by atoms with Gasteiger partial charge < -0.3 is 19.7 Å². The summed E-state index contributed by atoms with van der Waals surface area (Å²) in [6.07, 6.45) is 2.49. The van der Waals surface area contributed by atoms with Crippen molar-refractivity contribution in [2.75, 3.05) is 39.9 Å². The van der Waals surface area contributed by atoms with Gasteiger partial charge in [0.2, 0.25) is 0 Å². The summed E-state index contributed by atoms with van der Waals surface area (Å²) in [4.78, 5) is 6.71. The highest BCUT2D eigenvalue weighted by Crippen LogP contribution is 2.23. The van der Waals surface area contributed by atoms with Crippen LogP contribution < -0.4 is 5.32 Å². The second kappa shape index (κ2) is 10.0. The molecule has 1 aromatic rings. The number of morpholine rings is 1. The number of guanidine groups is 1. The third kappa shape index (κ3) is 5.77. The first-order valence-corrected chi connectivity index (χ1v) is 9.44. The summed E-state index contributed by atoms with van der Waals surface area (Å²) >= 11 is 0. The summed E-state index contributed by atoms with van der Waals surface area (Å²) in [5.74, 6) is 0.674. The van der Waals surface area contributed by atoms with Crippen molar-refractivity contribution in [3.63, 3.8) is 0 Å². The Bertz CT molecular complexity index is 618. The van der Waals surface area contributed by atoms with E-state index in [0.717, 1.165) is 44.1 Å². The molecular formula is C20H31FIN3O2. The second-order valence-electron chi connectivity index (χ2n) is 7.70. The summed E-state index contributed by atoms with van der Waals surface area (Å²) in [6.45, 7) is 8.15. The highest BCUT2D eigenvalue weighted by atomic mass is 127. The van der Waals surface area contributed by atoms with E-state index >= 15 is 0 Å². The standard InChI is InChI=1S/C20H30FN3O2.HI/c1-20(2,15-6-8-16(21)9-7-15)14-23-19(22-3)24-10-12-26-18(13-24)17-5-4-11-25-17;/h6-9,17-18H,4-5,10-14H2,1-3H3,(H,22,23);1H. The lowest BCUT2D eigenvalue weighted by atomic mass is 9.84. The first-order chi connectivity index (χ1) is 12.5. The lowest BCUT2D eigenvalue weighted by Crippen LogP contribution is -2.54. The topological polar surface area (TPSA) is 46.1 Å². The number of rotatable bonds is 4. The summed E-state index contributed by atoms with van der Waals surface area (Å²) in [6, 6.07) is 6.73. The lowest BCUT2D eigenvalue weighted by Gasteiger charge is -2.38.